The van der Waals surface area contributed by atoms with E-state index >= 15 is 0 Å². The second-order valence-electron chi connectivity index (χ2n) is 5.13. The summed E-state index contributed by atoms with van der Waals surface area (Å²) in [5.74, 6) is 1.22. The van der Waals surface area contributed by atoms with E-state index < -0.39 is 0 Å². The van der Waals surface area contributed by atoms with Gasteiger partial charge in [0.2, 0.25) is 5.56 Å². The van der Waals surface area contributed by atoms with Crippen molar-refractivity contribution >= 4 is 20.4 Å². The number of hydrogen-bond donors (Lipinski definition) is 1. The van der Waals surface area contributed by atoms with E-state index in [0.717, 1.165) is 17.3 Å². The molecule has 2 atom stereocenters. The average molecular weight is 291 g/mol. The number of hydrogen-bond acceptors (Lipinski definition) is 2. The minimum Gasteiger partial charge on any atom is -0.478 e. The van der Waals surface area contributed by atoms with Crippen LogP contribution in [-0.2, 0) is 0 Å². The topological polar surface area (TPSA) is 42.1 Å². The number of aromatic nitrogens is 1. The largest absolute Gasteiger partial charge is 0.478 e. The summed E-state index contributed by atoms with van der Waals surface area (Å²) in [6, 6.07) is 7.56. The number of aromatic amines is 1. The molecule has 0 aliphatic carbocycles. The lowest BCUT2D eigenvalue weighted by Gasteiger charge is -2.18. The van der Waals surface area contributed by atoms with Gasteiger partial charge in [-0.3, -0.25) is 4.79 Å². The van der Waals surface area contributed by atoms with Crippen LogP contribution in [-0.4, -0.2) is 4.98 Å². The smallest absolute Gasteiger partial charge is 0.248 e. The summed E-state index contributed by atoms with van der Waals surface area (Å²) in [5.41, 5.74) is 2.00. The Morgan fingerprint density at radius 1 is 1.25 bits per heavy atom. The third-order valence-corrected chi connectivity index (χ3v) is 4.11. The number of fused-ring (bicyclic) bond motifs is 1. The molecular weight excluding hydrogens is 269 g/mol. The van der Waals surface area contributed by atoms with Crippen molar-refractivity contribution in [1.82, 2.24) is 4.98 Å². The highest BCUT2D eigenvalue weighted by Crippen LogP contribution is 2.34. The highest BCUT2D eigenvalue weighted by Gasteiger charge is 2.15. The molecule has 1 heterocycles. The van der Waals surface area contributed by atoms with Crippen molar-refractivity contribution in [3.63, 3.8) is 0 Å². The van der Waals surface area contributed by atoms with E-state index in [4.69, 9.17) is 4.52 Å². The third kappa shape index (κ3) is 3.04. The fourth-order valence-electron chi connectivity index (χ4n) is 2.73. The van der Waals surface area contributed by atoms with Crippen LogP contribution in [0.1, 0.15) is 51.0 Å². The van der Waals surface area contributed by atoms with Crippen LogP contribution in [0.15, 0.2) is 29.1 Å². The van der Waals surface area contributed by atoms with Gasteiger partial charge in [-0.25, -0.2) is 0 Å². The first-order chi connectivity index (χ1) is 9.71. The fourth-order valence-corrected chi connectivity index (χ4v) is 2.93. The first-order valence-electron chi connectivity index (χ1n) is 7.23. The number of unbranched alkanes of at least 4 members (excludes halogenated alkanes) is 1. The van der Waals surface area contributed by atoms with Gasteiger partial charge in [-0.05, 0) is 36.5 Å². The van der Waals surface area contributed by atoms with E-state index in [-0.39, 0.29) is 5.56 Å². The van der Waals surface area contributed by atoms with Crippen molar-refractivity contribution in [2.24, 2.45) is 0 Å². The van der Waals surface area contributed by atoms with Gasteiger partial charge in [-0.2, -0.15) is 0 Å². The molecule has 0 bridgehead atoms. The molecule has 0 radical (unpaired) electrons. The Morgan fingerprint density at radius 2 is 2.05 bits per heavy atom. The molecular formula is C16H22NO2P. The molecule has 1 aromatic heterocycles. The maximum absolute atomic E-state index is 11.6. The van der Waals surface area contributed by atoms with Crippen LogP contribution in [0.25, 0.3) is 10.9 Å². The van der Waals surface area contributed by atoms with Gasteiger partial charge in [0.05, 0.1) is 15.0 Å². The van der Waals surface area contributed by atoms with Gasteiger partial charge in [-0.15, -0.1) is 0 Å². The number of rotatable bonds is 6. The van der Waals surface area contributed by atoms with Crippen molar-refractivity contribution in [3.8, 4) is 5.75 Å². The summed E-state index contributed by atoms with van der Waals surface area (Å²) in [6.07, 6.45) is 4.72. The molecule has 0 saturated carbocycles. The molecule has 1 N–H and O–H groups in total. The lowest BCUT2D eigenvalue weighted by molar-refractivity contribution is 0.572. The van der Waals surface area contributed by atoms with E-state index in [0.29, 0.717) is 11.7 Å². The van der Waals surface area contributed by atoms with E-state index in [1.165, 1.54) is 24.8 Å². The van der Waals surface area contributed by atoms with Crippen molar-refractivity contribution in [3.05, 3.63) is 40.2 Å². The molecule has 108 valence electrons. The normalized spacial score (nSPS) is 12.6. The SMILES string of the molecule is CCCCC(CC)c1ccc(OP)c2[nH]c(=O)ccc12. The summed E-state index contributed by atoms with van der Waals surface area (Å²) in [6.45, 7) is 4.44. The zero-order valence-electron chi connectivity index (χ0n) is 12.1. The molecule has 2 rings (SSSR count). The van der Waals surface area contributed by atoms with Crippen molar-refractivity contribution in [2.75, 3.05) is 0 Å². The Morgan fingerprint density at radius 3 is 2.70 bits per heavy atom. The Hall–Kier alpha value is -1.34. The first kappa shape index (κ1) is 15.1. The van der Waals surface area contributed by atoms with E-state index in [2.05, 4.69) is 34.4 Å². The number of pyridine rings is 1. The Kier molecular flexibility index (Phi) is 5.19. The molecule has 4 heteroatoms. The standard InChI is InChI=1S/C16H22NO2P/c1-3-5-6-11(4-2)12-7-9-14(19-20)16-13(12)8-10-15(18)17-16/h7-11H,3-6,20H2,1-2H3,(H,17,18). The molecule has 0 aliphatic heterocycles. The molecule has 0 saturated heterocycles. The minimum atomic E-state index is -0.0976. The Bertz CT molecular complexity index is 636. The van der Waals surface area contributed by atoms with Crippen molar-refractivity contribution in [2.45, 2.75) is 45.4 Å². The highest BCUT2D eigenvalue weighted by molar-refractivity contribution is 7.10. The number of H-pyrrole nitrogens is 1. The zero-order chi connectivity index (χ0) is 14.5. The van der Waals surface area contributed by atoms with Gasteiger partial charge < -0.3 is 9.51 Å². The van der Waals surface area contributed by atoms with Crippen molar-refractivity contribution in [1.29, 1.82) is 0 Å². The summed E-state index contributed by atoms with van der Waals surface area (Å²) in [4.78, 5) is 14.4. The fraction of sp³-hybridized carbons (Fsp3) is 0.438. The highest BCUT2D eigenvalue weighted by atomic mass is 31.0. The van der Waals surface area contributed by atoms with Gasteiger partial charge in [0.25, 0.3) is 0 Å². The second-order valence-corrected chi connectivity index (χ2v) is 5.37. The van der Waals surface area contributed by atoms with Gasteiger partial charge >= 0.3 is 0 Å². The molecule has 2 aromatic rings. The van der Waals surface area contributed by atoms with Gasteiger partial charge in [0.1, 0.15) is 5.75 Å². The summed E-state index contributed by atoms with van der Waals surface area (Å²) in [5, 5.41) is 1.09. The van der Waals surface area contributed by atoms with E-state index in [1.807, 2.05) is 12.1 Å². The van der Waals surface area contributed by atoms with Crippen LogP contribution in [0.2, 0.25) is 0 Å². The van der Waals surface area contributed by atoms with Crippen LogP contribution in [0.5, 0.6) is 5.75 Å². The molecule has 3 nitrogen and oxygen atoms in total. The van der Waals surface area contributed by atoms with E-state index in [1.54, 1.807) is 6.07 Å². The lowest BCUT2D eigenvalue weighted by atomic mass is 9.88. The third-order valence-electron chi connectivity index (χ3n) is 3.86. The Balaban J connectivity index is 2.56. The predicted octanol–water partition coefficient (Wildman–Crippen LogP) is 4.38. The predicted molar refractivity (Wildman–Crippen MR) is 87.5 cm³/mol. The molecule has 0 amide bonds. The summed E-state index contributed by atoms with van der Waals surface area (Å²) >= 11 is 0. The molecule has 0 spiro atoms. The lowest BCUT2D eigenvalue weighted by Crippen LogP contribution is -2.06. The number of nitrogens with one attached hydrogen (secondary N) is 1. The monoisotopic (exact) mass is 291 g/mol. The average Bonchev–Trinajstić information content (AvgIpc) is 2.47. The second kappa shape index (κ2) is 6.90. The summed E-state index contributed by atoms with van der Waals surface area (Å²) < 4.78 is 5.28. The van der Waals surface area contributed by atoms with Gasteiger partial charge in [0.15, 0.2) is 0 Å². The zero-order valence-corrected chi connectivity index (χ0v) is 13.3. The molecule has 2 unspecified atom stereocenters. The molecule has 1 aromatic carbocycles. The quantitative estimate of drug-likeness (QED) is 0.802. The van der Waals surface area contributed by atoms with Gasteiger partial charge in [0, 0.05) is 11.5 Å². The van der Waals surface area contributed by atoms with Crippen LogP contribution < -0.4 is 10.1 Å². The first-order valence-corrected chi connectivity index (χ1v) is 7.71. The molecule has 20 heavy (non-hydrogen) atoms. The maximum Gasteiger partial charge on any atom is 0.248 e. The van der Waals surface area contributed by atoms with E-state index in [9.17, 15) is 4.79 Å². The maximum atomic E-state index is 11.6. The summed E-state index contributed by atoms with van der Waals surface area (Å²) in [7, 11) is 2.24. The van der Waals surface area contributed by atoms with Crippen LogP contribution >= 0.6 is 9.47 Å². The van der Waals surface area contributed by atoms with Crippen LogP contribution in [0.3, 0.4) is 0 Å². The van der Waals surface area contributed by atoms with Gasteiger partial charge in [-0.1, -0.05) is 32.8 Å². The van der Waals surface area contributed by atoms with Crippen LogP contribution in [0.4, 0.5) is 0 Å². The molecule has 0 aliphatic rings. The van der Waals surface area contributed by atoms with Crippen LogP contribution in [0, 0.1) is 0 Å². The number of benzene rings is 1. The Labute approximate surface area is 122 Å². The van der Waals surface area contributed by atoms with Crippen molar-refractivity contribution < 1.29 is 4.52 Å². The molecule has 0 fully saturated rings. The minimum absolute atomic E-state index is 0.0976.